The minimum atomic E-state index is -0.519. The average Bonchev–Trinajstić information content (AvgIpc) is 3.24. The molecule has 0 bridgehead atoms. The fourth-order valence-corrected chi connectivity index (χ4v) is 4.10. The molecule has 0 saturated carbocycles. The van der Waals surface area contributed by atoms with E-state index in [9.17, 15) is 9.18 Å². The first-order chi connectivity index (χ1) is 16.4. The smallest absolute Gasteiger partial charge is 0.250 e. The molecule has 0 atom stereocenters. The molecule has 34 heavy (non-hydrogen) atoms. The van der Waals surface area contributed by atoms with Gasteiger partial charge in [0, 0.05) is 16.8 Å². The Labute approximate surface area is 205 Å². The van der Waals surface area contributed by atoms with Crippen LogP contribution in [0.5, 0.6) is 0 Å². The van der Waals surface area contributed by atoms with Crippen molar-refractivity contribution in [3.8, 4) is 17.1 Å². The number of carbonyl (C=O) groups is 1. The number of nitrogens with one attached hydrogen (secondary N) is 1. The summed E-state index contributed by atoms with van der Waals surface area (Å²) in [6.45, 7) is 4.04. The molecule has 0 saturated heterocycles. The van der Waals surface area contributed by atoms with Crippen molar-refractivity contribution in [2.45, 2.75) is 19.0 Å². The zero-order chi connectivity index (χ0) is 24.1. The second kappa shape index (κ2) is 10.6. The molecule has 0 aliphatic rings. The molecule has 0 radical (unpaired) electrons. The lowest BCUT2D eigenvalue weighted by atomic mass is 10.1. The first-order valence-corrected chi connectivity index (χ1v) is 11.8. The molecule has 9 heteroatoms. The van der Waals surface area contributed by atoms with E-state index in [1.807, 2.05) is 66.9 Å². The molecule has 1 aromatic heterocycles. The van der Waals surface area contributed by atoms with Crippen LogP contribution in [0.25, 0.3) is 17.1 Å². The molecule has 1 heterocycles. The number of carbonyl (C=O) groups excluding carboxylic acids is 1. The maximum atomic E-state index is 13.8. The summed E-state index contributed by atoms with van der Waals surface area (Å²) < 4.78 is 15.7. The van der Waals surface area contributed by atoms with Crippen LogP contribution in [-0.4, -0.2) is 32.6 Å². The predicted molar refractivity (Wildman–Crippen MR) is 134 cm³/mol. The fraction of sp³-hybridized carbons (Fsp3) is 0.120. The number of hydrogen-bond acceptors (Lipinski definition) is 5. The van der Waals surface area contributed by atoms with E-state index < -0.39 is 5.82 Å². The van der Waals surface area contributed by atoms with Gasteiger partial charge in [0.15, 0.2) is 11.0 Å². The zero-order valence-corrected chi connectivity index (χ0v) is 20.1. The van der Waals surface area contributed by atoms with Gasteiger partial charge in [-0.3, -0.25) is 9.36 Å². The summed E-state index contributed by atoms with van der Waals surface area (Å²) in [6.07, 6.45) is 1.19. The van der Waals surface area contributed by atoms with Crippen LogP contribution in [0.4, 0.5) is 4.39 Å². The van der Waals surface area contributed by atoms with Gasteiger partial charge < -0.3 is 0 Å². The predicted octanol–water partition coefficient (Wildman–Crippen LogP) is 5.59. The highest BCUT2D eigenvalue weighted by Crippen LogP contribution is 2.28. The Morgan fingerprint density at radius 2 is 1.74 bits per heavy atom. The number of halogens is 2. The van der Waals surface area contributed by atoms with E-state index in [0.717, 1.165) is 22.4 Å². The van der Waals surface area contributed by atoms with Crippen LogP contribution in [0, 0.1) is 19.7 Å². The second-order valence-electron chi connectivity index (χ2n) is 7.56. The minimum absolute atomic E-state index is 0.0419. The maximum Gasteiger partial charge on any atom is 0.250 e. The van der Waals surface area contributed by atoms with Gasteiger partial charge >= 0.3 is 0 Å². The van der Waals surface area contributed by atoms with Crippen molar-refractivity contribution in [1.82, 2.24) is 20.2 Å². The molecule has 0 aliphatic heterocycles. The van der Waals surface area contributed by atoms with Crippen molar-refractivity contribution >= 4 is 35.5 Å². The normalized spacial score (nSPS) is 11.2. The van der Waals surface area contributed by atoms with E-state index in [4.69, 9.17) is 11.6 Å². The number of aromatic nitrogens is 3. The highest BCUT2D eigenvalue weighted by atomic mass is 35.5. The summed E-state index contributed by atoms with van der Waals surface area (Å²) in [4.78, 5) is 12.4. The van der Waals surface area contributed by atoms with E-state index in [-0.39, 0.29) is 22.2 Å². The van der Waals surface area contributed by atoms with Gasteiger partial charge in [-0.25, -0.2) is 9.82 Å². The molecule has 0 aliphatic carbocycles. The first-order valence-electron chi connectivity index (χ1n) is 10.4. The number of hydrazone groups is 1. The van der Waals surface area contributed by atoms with Crippen LogP contribution in [-0.2, 0) is 4.79 Å². The molecule has 0 fully saturated rings. The van der Waals surface area contributed by atoms with Gasteiger partial charge in [0.1, 0.15) is 5.82 Å². The Morgan fingerprint density at radius 3 is 2.41 bits per heavy atom. The SMILES string of the molecule is Cc1ccc(-c2nnc(SCC(=O)N/N=C\c3c(F)cccc3Cl)n2-c2ccc(C)cc2)cc1. The lowest BCUT2D eigenvalue weighted by Crippen LogP contribution is -2.20. The van der Waals surface area contributed by atoms with Gasteiger partial charge in [-0.2, -0.15) is 5.10 Å². The van der Waals surface area contributed by atoms with E-state index >= 15 is 0 Å². The standard InChI is InChI=1S/C25H21ClFN5OS/c1-16-6-10-18(11-7-16)24-30-31-25(32(24)19-12-8-17(2)9-13-19)34-15-23(33)29-28-14-20-21(26)4-3-5-22(20)27/h3-14H,15H2,1-2H3,(H,29,33)/b28-14-. The van der Waals surface area contributed by atoms with Crippen molar-refractivity contribution in [2.24, 2.45) is 5.10 Å². The summed E-state index contributed by atoms with van der Waals surface area (Å²) >= 11 is 7.20. The number of amides is 1. The number of thioether (sulfide) groups is 1. The summed E-state index contributed by atoms with van der Waals surface area (Å²) in [5.41, 5.74) is 6.59. The maximum absolute atomic E-state index is 13.8. The molecule has 0 spiro atoms. The van der Waals surface area contributed by atoms with Gasteiger partial charge in [-0.15, -0.1) is 10.2 Å². The average molecular weight is 494 g/mol. The van der Waals surface area contributed by atoms with Gasteiger partial charge in [-0.05, 0) is 38.1 Å². The third-order valence-electron chi connectivity index (χ3n) is 4.95. The van der Waals surface area contributed by atoms with Gasteiger partial charge in [0.2, 0.25) is 0 Å². The summed E-state index contributed by atoms with van der Waals surface area (Å²) in [5.74, 6) is -0.169. The molecule has 172 valence electrons. The van der Waals surface area contributed by atoms with Gasteiger partial charge in [0.25, 0.3) is 5.91 Å². The highest BCUT2D eigenvalue weighted by Gasteiger charge is 2.17. The van der Waals surface area contributed by atoms with E-state index in [0.29, 0.717) is 11.0 Å². The van der Waals surface area contributed by atoms with Gasteiger partial charge in [-0.1, -0.05) is 77.0 Å². The van der Waals surface area contributed by atoms with Crippen LogP contribution >= 0.6 is 23.4 Å². The number of benzene rings is 3. The minimum Gasteiger partial charge on any atom is -0.272 e. The Kier molecular flexibility index (Phi) is 7.40. The third-order valence-corrected chi connectivity index (χ3v) is 6.21. The van der Waals surface area contributed by atoms with Crippen molar-refractivity contribution in [1.29, 1.82) is 0 Å². The molecule has 1 amide bonds. The summed E-state index contributed by atoms with van der Waals surface area (Å²) in [7, 11) is 0. The highest BCUT2D eigenvalue weighted by molar-refractivity contribution is 7.99. The summed E-state index contributed by atoms with van der Waals surface area (Å²) in [5, 5.41) is 13.3. The fourth-order valence-electron chi connectivity index (χ4n) is 3.14. The van der Waals surface area contributed by atoms with Crippen molar-refractivity contribution < 1.29 is 9.18 Å². The van der Waals surface area contributed by atoms with E-state index in [1.165, 1.54) is 30.1 Å². The molecule has 4 aromatic rings. The molecule has 1 N–H and O–H groups in total. The Bertz CT molecular complexity index is 1320. The quantitative estimate of drug-likeness (QED) is 0.207. The molecular weight excluding hydrogens is 473 g/mol. The molecule has 3 aromatic carbocycles. The molecular formula is C25H21ClFN5OS. The first kappa shape index (κ1) is 23.7. The van der Waals surface area contributed by atoms with E-state index in [1.54, 1.807) is 6.07 Å². The Balaban J connectivity index is 1.52. The number of aryl methyl sites for hydroxylation is 2. The van der Waals surface area contributed by atoms with Crippen LogP contribution in [0.2, 0.25) is 5.02 Å². The largest absolute Gasteiger partial charge is 0.272 e. The lowest BCUT2D eigenvalue weighted by Gasteiger charge is -2.11. The zero-order valence-electron chi connectivity index (χ0n) is 18.5. The van der Waals surface area contributed by atoms with Crippen molar-refractivity contribution in [3.63, 3.8) is 0 Å². The second-order valence-corrected chi connectivity index (χ2v) is 8.91. The van der Waals surface area contributed by atoms with E-state index in [2.05, 4.69) is 20.7 Å². The molecule has 6 nitrogen and oxygen atoms in total. The Hall–Kier alpha value is -3.49. The van der Waals surface area contributed by atoms with Crippen LogP contribution in [0.15, 0.2) is 77.0 Å². The number of nitrogens with zero attached hydrogens (tertiary/aromatic N) is 4. The Morgan fingerprint density at radius 1 is 1.06 bits per heavy atom. The molecule has 4 rings (SSSR count). The molecule has 0 unspecified atom stereocenters. The number of hydrogen-bond donors (Lipinski definition) is 1. The van der Waals surface area contributed by atoms with Crippen LogP contribution in [0.3, 0.4) is 0 Å². The number of rotatable bonds is 7. The third kappa shape index (κ3) is 5.52. The van der Waals surface area contributed by atoms with Gasteiger partial charge in [0.05, 0.1) is 17.0 Å². The van der Waals surface area contributed by atoms with Crippen molar-refractivity contribution in [2.75, 3.05) is 5.75 Å². The lowest BCUT2D eigenvalue weighted by molar-refractivity contribution is -0.118. The monoisotopic (exact) mass is 493 g/mol. The topological polar surface area (TPSA) is 72.2 Å². The van der Waals surface area contributed by atoms with Crippen LogP contribution in [0.1, 0.15) is 16.7 Å². The van der Waals surface area contributed by atoms with Crippen molar-refractivity contribution in [3.05, 3.63) is 94.3 Å². The summed E-state index contributed by atoms with van der Waals surface area (Å²) in [6, 6.07) is 20.3. The van der Waals surface area contributed by atoms with Crippen LogP contribution < -0.4 is 5.43 Å².